The first-order chi connectivity index (χ1) is 9.08. The van der Waals surface area contributed by atoms with Crippen molar-refractivity contribution in [1.82, 2.24) is 19.8 Å². The Labute approximate surface area is 117 Å². The van der Waals surface area contributed by atoms with E-state index in [4.69, 9.17) is 0 Å². The molecule has 4 nitrogen and oxygen atoms in total. The van der Waals surface area contributed by atoms with E-state index in [9.17, 15) is 0 Å². The normalized spacial score (nSPS) is 25.7. The fourth-order valence-corrected chi connectivity index (χ4v) is 2.91. The van der Waals surface area contributed by atoms with E-state index in [0.29, 0.717) is 18.1 Å². The molecule has 0 amide bonds. The largest absolute Gasteiger partial charge is 0.330 e. The van der Waals surface area contributed by atoms with Crippen molar-refractivity contribution in [2.75, 3.05) is 20.6 Å². The van der Waals surface area contributed by atoms with Gasteiger partial charge in [-0.3, -0.25) is 0 Å². The molecule has 0 aromatic carbocycles. The average Bonchev–Trinajstić information content (AvgIpc) is 2.85. The molecule has 1 aromatic heterocycles. The van der Waals surface area contributed by atoms with Crippen molar-refractivity contribution >= 4 is 0 Å². The summed E-state index contributed by atoms with van der Waals surface area (Å²) in [6, 6.07) is 1.62. The average molecular weight is 264 g/mol. The van der Waals surface area contributed by atoms with Gasteiger partial charge in [-0.2, -0.15) is 0 Å². The van der Waals surface area contributed by atoms with Crippen LogP contribution in [0.1, 0.15) is 57.3 Å². The third-order valence-electron chi connectivity index (χ3n) is 4.14. The van der Waals surface area contributed by atoms with Crippen LogP contribution in [0, 0.1) is 0 Å². The highest BCUT2D eigenvalue weighted by Gasteiger charge is 2.23. The van der Waals surface area contributed by atoms with Gasteiger partial charge < -0.3 is 14.8 Å². The Kier molecular flexibility index (Phi) is 4.99. The summed E-state index contributed by atoms with van der Waals surface area (Å²) in [5.41, 5.74) is 1.36. The van der Waals surface area contributed by atoms with Gasteiger partial charge in [-0.05, 0) is 60.2 Å². The van der Waals surface area contributed by atoms with Crippen LogP contribution in [-0.2, 0) is 0 Å². The van der Waals surface area contributed by atoms with E-state index in [1.807, 2.05) is 12.5 Å². The molecule has 3 atom stereocenters. The zero-order chi connectivity index (χ0) is 13.8. The summed E-state index contributed by atoms with van der Waals surface area (Å²) in [6.07, 6.45) is 9.05. The van der Waals surface area contributed by atoms with E-state index in [0.717, 1.165) is 6.54 Å². The fourth-order valence-electron chi connectivity index (χ4n) is 2.91. The van der Waals surface area contributed by atoms with E-state index >= 15 is 0 Å². The Hall–Kier alpha value is -0.870. The fraction of sp³-hybridized carbons (Fsp3) is 0.800. The molecule has 0 aliphatic carbocycles. The molecule has 0 bridgehead atoms. The third-order valence-corrected chi connectivity index (χ3v) is 4.14. The molecule has 1 N–H and O–H groups in total. The first-order valence-electron chi connectivity index (χ1n) is 7.50. The van der Waals surface area contributed by atoms with Crippen LogP contribution in [0.3, 0.4) is 0 Å². The molecule has 1 aliphatic rings. The van der Waals surface area contributed by atoms with Gasteiger partial charge in [-0.15, -0.1) is 0 Å². The summed E-state index contributed by atoms with van der Waals surface area (Å²) in [7, 11) is 4.26. The SMILES string of the molecule is CC1CCCC(c2cncn2C(C)CCN(C)C)N1. The molecular weight excluding hydrogens is 236 g/mol. The van der Waals surface area contributed by atoms with Gasteiger partial charge in [-0.1, -0.05) is 0 Å². The van der Waals surface area contributed by atoms with Crippen LogP contribution in [0.4, 0.5) is 0 Å². The molecular formula is C15H28N4. The molecule has 108 valence electrons. The zero-order valence-corrected chi connectivity index (χ0v) is 12.8. The van der Waals surface area contributed by atoms with Crippen LogP contribution >= 0.6 is 0 Å². The second kappa shape index (κ2) is 6.53. The van der Waals surface area contributed by atoms with Crippen LogP contribution < -0.4 is 5.32 Å². The quantitative estimate of drug-likeness (QED) is 0.887. The maximum absolute atomic E-state index is 4.38. The second-order valence-electron chi connectivity index (χ2n) is 6.22. The Bertz CT molecular complexity index is 385. The van der Waals surface area contributed by atoms with E-state index in [1.165, 1.54) is 31.4 Å². The van der Waals surface area contributed by atoms with Crippen molar-refractivity contribution in [2.24, 2.45) is 0 Å². The third kappa shape index (κ3) is 3.80. The molecule has 0 spiro atoms. The lowest BCUT2D eigenvalue weighted by molar-refractivity contribution is 0.313. The molecule has 19 heavy (non-hydrogen) atoms. The van der Waals surface area contributed by atoms with Gasteiger partial charge in [0.1, 0.15) is 0 Å². The van der Waals surface area contributed by atoms with Crippen molar-refractivity contribution in [3.8, 4) is 0 Å². The number of piperidine rings is 1. The molecule has 1 aromatic rings. The van der Waals surface area contributed by atoms with Crippen molar-refractivity contribution in [1.29, 1.82) is 0 Å². The molecule has 1 fully saturated rings. The van der Waals surface area contributed by atoms with Gasteiger partial charge in [0.15, 0.2) is 0 Å². The van der Waals surface area contributed by atoms with Gasteiger partial charge in [0.25, 0.3) is 0 Å². The predicted octanol–water partition coefficient (Wildman–Crippen LogP) is 2.60. The smallest absolute Gasteiger partial charge is 0.0951 e. The van der Waals surface area contributed by atoms with Crippen LogP contribution in [0.5, 0.6) is 0 Å². The maximum atomic E-state index is 4.38. The van der Waals surface area contributed by atoms with Crippen LogP contribution in [0.2, 0.25) is 0 Å². The van der Waals surface area contributed by atoms with Gasteiger partial charge in [0.2, 0.25) is 0 Å². The molecule has 4 heteroatoms. The van der Waals surface area contributed by atoms with Gasteiger partial charge in [-0.25, -0.2) is 4.98 Å². The summed E-state index contributed by atoms with van der Waals surface area (Å²) in [6.45, 7) is 5.69. The number of hydrogen-bond acceptors (Lipinski definition) is 3. The number of hydrogen-bond donors (Lipinski definition) is 1. The first-order valence-corrected chi connectivity index (χ1v) is 7.50. The van der Waals surface area contributed by atoms with Crippen LogP contribution in [0.25, 0.3) is 0 Å². The number of rotatable bonds is 5. The van der Waals surface area contributed by atoms with Gasteiger partial charge in [0.05, 0.1) is 12.0 Å². The lowest BCUT2D eigenvalue weighted by Crippen LogP contribution is -2.36. The number of nitrogens with zero attached hydrogens (tertiary/aromatic N) is 3. The van der Waals surface area contributed by atoms with Crippen molar-refractivity contribution in [3.63, 3.8) is 0 Å². The summed E-state index contributed by atoms with van der Waals surface area (Å²) in [5.74, 6) is 0. The predicted molar refractivity (Wildman–Crippen MR) is 79.3 cm³/mol. The van der Waals surface area contributed by atoms with Crippen molar-refractivity contribution in [3.05, 3.63) is 18.2 Å². The summed E-state index contributed by atoms with van der Waals surface area (Å²) in [5, 5.41) is 3.71. The topological polar surface area (TPSA) is 33.1 Å². The van der Waals surface area contributed by atoms with Gasteiger partial charge in [0, 0.05) is 24.3 Å². The summed E-state index contributed by atoms with van der Waals surface area (Å²) < 4.78 is 2.36. The summed E-state index contributed by atoms with van der Waals surface area (Å²) >= 11 is 0. The highest BCUT2D eigenvalue weighted by Crippen LogP contribution is 2.27. The number of aromatic nitrogens is 2. The zero-order valence-electron chi connectivity index (χ0n) is 12.8. The van der Waals surface area contributed by atoms with Gasteiger partial charge >= 0.3 is 0 Å². The van der Waals surface area contributed by atoms with Crippen LogP contribution in [-0.4, -0.2) is 41.1 Å². The minimum atomic E-state index is 0.480. The van der Waals surface area contributed by atoms with Crippen molar-refractivity contribution in [2.45, 2.75) is 57.7 Å². The molecule has 1 aliphatic heterocycles. The van der Waals surface area contributed by atoms with Crippen molar-refractivity contribution < 1.29 is 0 Å². The monoisotopic (exact) mass is 264 g/mol. The molecule has 3 unspecified atom stereocenters. The highest BCUT2D eigenvalue weighted by molar-refractivity contribution is 5.08. The lowest BCUT2D eigenvalue weighted by Gasteiger charge is -2.30. The van der Waals surface area contributed by atoms with E-state index in [1.54, 1.807) is 0 Å². The molecule has 1 saturated heterocycles. The highest BCUT2D eigenvalue weighted by atomic mass is 15.1. The minimum Gasteiger partial charge on any atom is -0.330 e. The molecule has 2 heterocycles. The van der Waals surface area contributed by atoms with E-state index in [2.05, 4.69) is 47.7 Å². The maximum Gasteiger partial charge on any atom is 0.0951 e. The molecule has 2 rings (SSSR count). The van der Waals surface area contributed by atoms with Crippen LogP contribution in [0.15, 0.2) is 12.5 Å². The molecule has 0 radical (unpaired) electrons. The minimum absolute atomic E-state index is 0.480. The standard InChI is InChI=1S/C15H28N4/c1-12-6-5-7-14(17-12)15-10-16-11-19(15)13(2)8-9-18(3)4/h10-14,17H,5-9H2,1-4H3. The van der Waals surface area contributed by atoms with E-state index in [-0.39, 0.29) is 0 Å². The first kappa shape index (κ1) is 14.5. The second-order valence-corrected chi connectivity index (χ2v) is 6.22. The lowest BCUT2D eigenvalue weighted by atomic mass is 9.97. The molecule has 0 saturated carbocycles. The number of imidazole rings is 1. The number of nitrogens with one attached hydrogen (secondary N) is 1. The van der Waals surface area contributed by atoms with E-state index < -0.39 is 0 Å². The Morgan fingerprint density at radius 1 is 1.47 bits per heavy atom. The summed E-state index contributed by atoms with van der Waals surface area (Å²) in [4.78, 5) is 6.62. The Balaban J connectivity index is 2.04. The Morgan fingerprint density at radius 3 is 2.95 bits per heavy atom. The Morgan fingerprint density at radius 2 is 2.26 bits per heavy atom.